The highest BCUT2D eigenvalue weighted by Crippen LogP contribution is 2.33. The average Bonchev–Trinajstić information content (AvgIpc) is 2.80. The van der Waals surface area contributed by atoms with E-state index in [1.54, 1.807) is 24.3 Å². The number of benzene rings is 1. The maximum atomic E-state index is 12.3. The first-order chi connectivity index (χ1) is 10.1. The van der Waals surface area contributed by atoms with Gasteiger partial charge in [0.15, 0.2) is 9.84 Å². The summed E-state index contributed by atoms with van der Waals surface area (Å²) >= 11 is 0. The summed E-state index contributed by atoms with van der Waals surface area (Å²) in [6.45, 7) is 3.29. The lowest BCUT2D eigenvalue weighted by Gasteiger charge is -2.22. The fourth-order valence-corrected chi connectivity index (χ4v) is 5.12. The zero-order chi connectivity index (χ0) is 14.7. The Morgan fingerprint density at radius 2 is 1.50 bits per heavy atom. The molecular weight excluding hydrogens is 318 g/mol. The molecule has 2 aliphatic heterocycles. The number of rotatable bonds is 5. The molecule has 2 heterocycles. The van der Waals surface area contributed by atoms with Gasteiger partial charge in [-0.2, -0.15) is 0 Å². The Bertz CT molecular complexity index is 539. The second-order valence-corrected chi connectivity index (χ2v) is 8.74. The average molecular weight is 344 g/mol. The smallest absolute Gasteiger partial charge is 0.178 e. The lowest BCUT2D eigenvalue weighted by atomic mass is 9.84. The van der Waals surface area contributed by atoms with E-state index in [2.05, 4.69) is 4.90 Å². The topological polar surface area (TPSA) is 37.4 Å². The largest absolute Gasteiger partial charge is 0.303 e. The third kappa shape index (κ3) is 4.46. The molecule has 3 fully saturated rings. The second kappa shape index (κ2) is 7.80. The maximum absolute atomic E-state index is 12.3. The fourth-order valence-electron chi connectivity index (χ4n) is 3.81. The molecule has 0 atom stereocenters. The number of halogens is 1. The molecule has 0 radical (unpaired) electrons. The van der Waals surface area contributed by atoms with Crippen LogP contribution in [-0.4, -0.2) is 38.7 Å². The first-order valence-electron chi connectivity index (χ1n) is 8.13. The summed E-state index contributed by atoms with van der Waals surface area (Å²) in [6.07, 6.45) is 6.26. The summed E-state index contributed by atoms with van der Waals surface area (Å²) in [5.74, 6) is 1.98. The van der Waals surface area contributed by atoms with Crippen LogP contribution in [0.2, 0.25) is 0 Å². The van der Waals surface area contributed by atoms with E-state index in [4.69, 9.17) is 0 Å². The summed E-state index contributed by atoms with van der Waals surface area (Å²) in [5.41, 5.74) is 0. The van der Waals surface area contributed by atoms with Gasteiger partial charge >= 0.3 is 0 Å². The highest BCUT2D eigenvalue weighted by atomic mass is 35.5. The lowest BCUT2D eigenvalue weighted by molar-refractivity contribution is 0.253. The zero-order valence-electron chi connectivity index (χ0n) is 13.0. The monoisotopic (exact) mass is 343 g/mol. The molecule has 0 spiro atoms. The van der Waals surface area contributed by atoms with Crippen LogP contribution < -0.4 is 0 Å². The number of hydrogen-bond acceptors (Lipinski definition) is 3. The van der Waals surface area contributed by atoms with Gasteiger partial charge in [-0.25, -0.2) is 8.42 Å². The Morgan fingerprint density at radius 1 is 0.955 bits per heavy atom. The van der Waals surface area contributed by atoms with Crippen molar-refractivity contribution in [1.82, 2.24) is 4.90 Å². The number of hydrogen-bond donors (Lipinski definition) is 0. The normalized spacial score (nSPS) is 25.5. The van der Waals surface area contributed by atoms with E-state index >= 15 is 0 Å². The zero-order valence-corrected chi connectivity index (χ0v) is 14.6. The van der Waals surface area contributed by atoms with Crippen molar-refractivity contribution in [2.75, 3.05) is 25.4 Å². The first-order valence-corrected chi connectivity index (χ1v) is 9.79. The highest BCUT2D eigenvalue weighted by Gasteiger charge is 2.29. The van der Waals surface area contributed by atoms with E-state index in [1.165, 1.54) is 38.8 Å². The predicted molar refractivity (Wildman–Crippen MR) is 92.2 cm³/mol. The Morgan fingerprint density at radius 3 is 2.05 bits per heavy atom. The van der Waals surface area contributed by atoms with E-state index in [0.29, 0.717) is 4.90 Å². The Balaban J connectivity index is 0.00000176. The van der Waals surface area contributed by atoms with E-state index < -0.39 is 9.84 Å². The molecular formula is C17H26ClNO2S. The molecule has 3 aliphatic rings. The molecule has 1 aromatic carbocycles. The Labute approximate surface area is 140 Å². The van der Waals surface area contributed by atoms with Gasteiger partial charge in [0, 0.05) is 13.1 Å². The quantitative estimate of drug-likeness (QED) is 0.822. The van der Waals surface area contributed by atoms with Crippen LogP contribution in [0.4, 0.5) is 0 Å². The van der Waals surface area contributed by atoms with Gasteiger partial charge in [0.2, 0.25) is 0 Å². The van der Waals surface area contributed by atoms with Crippen molar-refractivity contribution < 1.29 is 8.42 Å². The molecule has 0 aromatic heterocycles. The molecule has 0 unspecified atom stereocenters. The predicted octanol–water partition coefficient (Wildman–Crippen LogP) is 3.39. The van der Waals surface area contributed by atoms with Gasteiger partial charge < -0.3 is 4.90 Å². The Kier molecular flexibility index (Phi) is 6.30. The maximum Gasteiger partial charge on any atom is 0.178 e. The summed E-state index contributed by atoms with van der Waals surface area (Å²) in [6, 6.07) is 8.83. The summed E-state index contributed by atoms with van der Waals surface area (Å²) in [5, 5.41) is 0. The van der Waals surface area contributed by atoms with Gasteiger partial charge in [-0.3, -0.25) is 0 Å². The van der Waals surface area contributed by atoms with Crippen LogP contribution in [0.3, 0.4) is 0 Å². The third-order valence-electron chi connectivity index (χ3n) is 4.99. The van der Waals surface area contributed by atoms with Crippen molar-refractivity contribution in [3.63, 3.8) is 0 Å². The SMILES string of the molecule is Cl.O=S(=O)(CCCN1CC2CCC(CC2)C1)c1ccccc1. The standard InChI is InChI=1S/C17H25NO2S.ClH/c19-21(20,17-5-2-1-3-6-17)12-4-11-18-13-15-7-8-16(14-18)10-9-15;/h1-3,5-6,15-16H,4,7-14H2;1H. The van der Waals surface area contributed by atoms with Crippen molar-refractivity contribution in [3.8, 4) is 0 Å². The lowest BCUT2D eigenvalue weighted by Crippen LogP contribution is -2.30. The van der Waals surface area contributed by atoms with Crippen LogP contribution in [0.5, 0.6) is 0 Å². The minimum Gasteiger partial charge on any atom is -0.303 e. The minimum atomic E-state index is -3.11. The molecule has 3 nitrogen and oxygen atoms in total. The summed E-state index contributed by atoms with van der Waals surface area (Å²) in [7, 11) is -3.11. The molecule has 2 saturated heterocycles. The molecule has 0 N–H and O–H groups in total. The second-order valence-electron chi connectivity index (χ2n) is 6.63. The number of nitrogens with zero attached hydrogens (tertiary/aromatic N) is 1. The van der Waals surface area contributed by atoms with E-state index in [0.717, 1.165) is 24.8 Å². The van der Waals surface area contributed by atoms with E-state index in [9.17, 15) is 8.42 Å². The summed E-state index contributed by atoms with van der Waals surface area (Å²) in [4.78, 5) is 2.97. The van der Waals surface area contributed by atoms with Gasteiger partial charge in [0.05, 0.1) is 10.6 Å². The third-order valence-corrected chi connectivity index (χ3v) is 6.81. The molecule has 1 aliphatic carbocycles. The van der Waals surface area contributed by atoms with Gasteiger partial charge in [0.1, 0.15) is 0 Å². The van der Waals surface area contributed by atoms with Gasteiger partial charge in [-0.15, -0.1) is 12.4 Å². The first kappa shape index (κ1) is 17.8. The van der Waals surface area contributed by atoms with Crippen LogP contribution >= 0.6 is 12.4 Å². The summed E-state index contributed by atoms with van der Waals surface area (Å²) < 4.78 is 24.5. The Hall–Kier alpha value is -0.580. The van der Waals surface area contributed by atoms with Crippen LogP contribution in [0.1, 0.15) is 32.1 Å². The van der Waals surface area contributed by atoms with Crippen LogP contribution in [0.15, 0.2) is 35.2 Å². The van der Waals surface area contributed by atoms with Crippen molar-refractivity contribution >= 4 is 22.2 Å². The molecule has 124 valence electrons. The molecule has 0 amide bonds. The molecule has 2 bridgehead atoms. The highest BCUT2D eigenvalue weighted by molar-refractivity contribution is 7.91. The van der Waals surface area contributed by atoms with Crippen molar-refractivity contribution in [3.05, 3.63) is 30.3 Å². The number of fused-ring (bicyclic) bond motifs is 4. The molecule has 4 rings (SSSR count). The van der Waals surface area contributed by atoms with Gasteiger partial charge in [-0.1, -0.05) is 18.2 Å². The molecule has 5 heteroatoms. The fraction of sp³-hybridized carbons (Fsp3) is 0.647. The molecule has 22 heavy (non-hydrogen) atoms. The van der Waals surface area contributed by atoms with Gasteiger partial charge in [-0.05, 0) is 62.6 Å². The van der Waals surface area contributed by atoms with Crippen molar-refractivity contribution in [1.29, 1.82) is 0 Å². The van der Waals surface area contributed by atoms with E-state index in [-0.39, 0.29) is 18.2 Å². The molecule has 1 saturated carbocycles. The van der Waals surface area contributed by atoms with Crippen molar-refractivity contribution in [2.24, 2.45) is 11.8 Å². The number of sulfone groups is 1. The van der Waals surface area contributed by atoms with Gasteiger partial charge in [0.25, 0.3) is 0 Å². The molecule has 1 aromatic rings. The van der Waals surface area contributed by atoms with Crippen molar-refractivity contribution in [2.45, 2.75) is 37.0 Å². The van der Waals surface area contributed by atoms with Crippen LogP contribution in [0.25, 0.3) is 0 Å². The minimum absolute atomic E-state index is 0. The van der Waals surface area contributed by atoms with Crippen LogP contribution in [0, 0.1) is 11.8 Å². The van der Waals surface area contributed by atoms with Crippen LogP contribution in [-0.2, 0) is 9.84 Å². The van der Waals surface area contributed by atoms with E-state index in [1.807, 2.05) is 6.07 Å².